The number of nitriles is 3. The molecule has 0 atom stereocenters. The molecule has 6 heteroatoms. The molecule has 7 aromatic carbocycles. The van der Waals surface area contributed by atoms with Crippen LogP contribution in [0.15, 0.2) is 182 Å². The third-order valence-corrected chi connectivity index (χ3v) is 13.4. The van der Waals surface area contributed by atoms with E-state index < -0.39 is 0 Å². The van der Waals surface area contributed by atoms with Gasteiger partial charge in [0, 0.05) is 52.0 Å². The number of rotatable bonds is 3. The Hall–Kier alpha value is -9.54. The molecule has 0 amide bonds. The maximum absolute atomic E-state index is 11.5. The van der Waals surface area contributed by atoms with Crippen molar-refractivity contribution in [1.82, 2.24) is 15.0 Å². The van der Waals surface area contributed by atoms with Crippen LogP contribution in [-0.4, -0.2) is 15.0 Å². The predicted octanol–water partition coefficient (Wildman–Crippen LogP) is 13.7. The zero-order valence-corrected chi connectivity index (χ0v) is 35.0. The van der Waals surface area contributed by atoms with Crippen molar-refractivity contribution in [3.63, 3.8) is 0 Å². The van der Waals surface area contributed by atoms with Gasteiger partial charge in [0.1, 0.15) is 18.2 Å². The lowest BCUT2D eigenvalue weighted by atomic mass is 9.81. The van der Waals surface area contributed by atoms with Crippen molar-refractivity contribution in [2.45, 2.75) is 0 Å². The molecule has 0 bridgehead atoms. The minimum absolute atomic E-state index is 0.426. The number of hydrogen-bond acceptors (Lipinski definition) is 6. The van der Waals surface area contributed by atoms with Crippen LogP contribution in [0.1, 0.15) is 50.5 Å². The molecule has 3 aliphatic rings. The van der Waals surface area contributed by atoms with Gasteiger partial charge < -0.3 is 0 Å². The lowest BCUT2D eigenvalue weighted by Crippen LogP contribution is -2.00. The fourth-order valence-corrected chi connectivity index (χ4v) is 10.7. The van der Waals surface area contributed by atoms with Crippen LogP contribution in [0.5, 0.6) is 0 Å². The Morgan fingerprint density at radius 1 is 0.288 bits per heavy atom. The third kappa shape index (κ3) is 5.17. The molecule has 0 saturated heterocycles. The number of benzene rings is 7. The van der Waals surface area contributed by atoms with E-state index in [4.69, 9.17) is 15.0 Å². The Bertz CT molecular complexity index is 3610. The molecule has 6 nitrogen and oxygen atoms in total. The molecule has 0 fully saturated rings. The van der Waals surface area contributed by atoms with E-state index in [1.807, 2.05) is 91.0 Å². The van der Waals surface area contributed by atoms with Gasteiger partial charge in [-0.2, -0.15) is 15.8 Å². The van der Waals surface area contributed by atoms with E-state index in [9.17, 15) is 15.8 Å². The van der Waals surface area contributed by atoms with Gasteiger partial charge in [-0.05, 0) is 155 Å². The van der Waals surface area contributed by atoms with E-state index in [2.05, 4.69) is 91.0 Å². The van der Waals surface area contributed by atoms with Crippen molar-refractivity contribution in [3.8, 4) is 51.6 Å². The first-order valence-corrected chi connectivity index (χ1v) is 21.7. The molecule has 0 spiro atoms. The van der Waals surface area contributed by atoms with Crippen LogP contribution in [0, 0.1) is 34.0 Å². The molecule has 300 valence electrons. The molecule has 0 radical (unpaired) electrons. The fourth-order valence-electron chi connectivity index (χ4n) is 10.7. The molecule has 10 aromatic rings. The van der Waals surface area contributed by atoms with Gasteiger partial charge in [-0.15, -0.1) is 0 Å². The standard InChI is InChI=1S/C60H30N6/c61-31-46(49-19-7-10-22-64-49)52-40-25-34-13-1-4-16-37(34)28-43(40)55-58(52)56-44-29-38-17-5-2-14-35(38)26-41(44)54(48(33-63)51-21-9-12-24-66-51)60(56)57-45-30-39-18-6-3-15-36(39)27-42(45)53(59(55)57)47(32-62)50-20-8-11-23-65-50/h1-30H/b52-46+,53-47+,54-48+. The maximum Gasteiger partial charge on any atom is 0.102 e. The number of hydrogen-bond donors (Lipinski definition) is 0. The molecule has 3 aromatic heterocycles. The largest absolute Gasteiger partial charge is 0.255 e. The zero-order chi connectivity index (χ0) is 44.0. The van der Waals surface area contributed by atoms with Crippen molar-refractivity contribution >= 4 is 65.8 Å². The van der Waals surface area contributed by atoms with E-state index >= 15 is 0 Å². The second kappa shape index (κ2) is 14.2. The van der Waals surface area contributed by atoms with Crippen LogP contribution < -0.4 is 0 Å². The summed E-state index contributed by atoms with van der Waals surface area (Å²) in [5.41, 5.74) is 16.0. The van der Waals surface area contributed by atoms with Crippen molar-refractivity contribution < 1.29 is 0 Å². The number of nitrogens with zero attached hydrogens (tertiary/aromatic N) is 6. The minimum Gasteiger partial charge on any atom is -0.255 e. The highest BCUT2D eigenvalue weighted by Crippen LogP contribution is 2.66. The normalized spacial score (nSPS) is 14.9. The van der Waals surface area contributed by atoms with Crippen LogP contribution in [0.3, 0.4) is 0 Å². The minimum atomic E-state index is 0.426. The highest BCUT2D eigenvalue weighted by atomic mass is 14.7. The van der Waals surface area contributed by atoms with Crippen molar-refractivity contribution in [2.75, 3.05) is 0 Å². The van der Waals surface area contributed by atoms with Gasteiger partial charge in [0.2, 0.25) is 0 Å². The van der Waals surface area contributed by atoms with Gasteiger partial charge in [0.25, 0.3) is 0 Å². The summed E-state index contributed by atoms with van der Waals surface area (Å²) in [5, 5.41) is 40.8. The summed E-state index contributed by atoms with van der Waals surface area (Å²) in [6, 6.07) is 63.2. The molecule has 3 heterocycles. The van der Waals surface area contributed by atoms with Crippen LogP contribution >= 0.6 is 0 Å². The Kier molecular flexibility index (Phi) is 8.00. The van der Waals surface area contributed by atoms with Gasteiger partial charge in [0.05, 0.1) is 33.8 Å². The lowest BCUT2D eigenvalue weighted by Gasteiger charge is -2.20. The number of allylic oxidation sites excluding steroid dienone is 3. The zero-order valence-electron chi connectivity index (χ0n) is 35.0. The fraction of sp³-hybridized carbons (Fsp3) is 0. The summed E-state index contributed by atoms with van der Waals surface area (Å²) in [6.07, 6.45) is 5.17. The predicted molar refractivity (Wildman–Crippen MR) is 263 cm³/mol. The molecule has 0 saturated carbocycles. The number of fused-ring (bicyclic) bond motifs is 15. The van der Waals surface area contributed by atoms with Crippen LogP contribution in [0.4, 0.5) is 0 Å². The van der Waals surface area contributed by atoms with Gasteiger partial charge >= 0.3 is 0 Å². The maximum atomic E-state index is 11.5. The first-order valence-electron chi connectivity index (χ1n) is 21.7. The number of pyridine rings is 3. The third-order valence-electron chi connectivity index (χ3n) is 13.4. The van der Waals surface area contributed by atoms with Crippen LogP contribution in [-0.2, 0) is 0 Å². The monoisotopic (exact) mass is 834 g/mol. The molecule has 3 aliphatic carbocycles. The van der Waals surface area contributed by atoms with Crippen molar-refractivity contribution in [3.05, 3.63) is 233 Å². The van der Waals surface area contributed by atoms with Gasteiger partial charge in [-0.3, -0.25) is 15.0 Å². The van der Waals surface area contributed by atoms with E-state index in [0.29, 0.717) is 33.8 Å². The topological polar surface area (TPSA) is 110 Å². The summed E-state index contributed by atoms with van der Waals surface area (Å²) in [6.45, 7) is 0. The average Bonchev–Trinajstić information content (AvgIpc) is 3.98. The quantitative estimate of drug-likeness (QED) is 0.164. The van der Waals surface area contributed by atoms with Crippen LogP contribution in [0.25, 0.3) is 99.1 Å². The molecule has 0 aliphatic heterocycles. The highest BCUT2D eigenvalue weighted by molar-refractivity contribution is 6.31. The second-order valence-electron chi connectivity index (χ2n) is 16.7. The Labute approximate surface area is 379 Å². The molecular formula is C60H30N6. The van der Waals surface area contributed by atoms with Gasteiger partial charge in [-0.1, -0.05) is 91.0 Å². The summed E-state index contributed by atoms with van der Waals surface area (Å²) in [4.78, 5) is 14.4. The van der Waals surface area contributed by atoms with E-state index in [-0.39, 0.29) is 0 Å². The van der Waals surface area contributed by atoms with Crippen molar-refractivity contribution in [1.29, 1.82) is 15.8 Å². The molecular weight excluding hydrogens is 805 g/mol. The SMILES string of the molecule is N#C/C(=C1/c2cc3ccccc3cc2-c2c1c1c(c3c2/C(=C(\C#N)c2ccccn2)c2cc4ccccc4cc2-3)/C(=C(\C#N)c2ccccn2)c2cc3ccccc3cc2-1)c1ccccn1. The van der Waals surface area contributed by atoms with Crippen LogP contribution in [0.2, 0.25) is 0 Å². The second-order valence-corrected chi connectivity index (χ2v) is 16.7. The average molecular weight is 835 g/mol. The Balaban J connectivity index is 1.35. The molecule has 13 rings (SSSR count). The molecule has 0 N–H and O–H groups in total. The smallest absolute Gasteiger partial charge is 0.102 e. The summed E-state index contributed by atoms with van der Waals surface area (Å²) in [5.74, 6) is 0. The van der Waals surface area contributed by atoms with Crippen molar-refractivity contribution in [2.24, 2.45) is 0 Å². The lowest BCUT2D eigenvalue weighted by molar-refractivity contribution is 1.28. The highest BCUT2D eigenvalue weighted by Gasteiger charge is 2.45. The van der Waals surface area contributed by atoms with Gasteiger partial charge in [0.15, 0.2) is 0 Å². The molecule has 0 unspecified atom stereocenters. The summed E-state index contributed by atoms with van der Waals surface area (Å²) < 4.78 is 0. The Morgan fingerprint density at radius 2 is 0.530 bits per heavy atom. The number of aromatic nitrogens is 3. The van der Waals surface area contributed by atoms with E-state index in [1.54, 1.807) is 18.6 Å². The van der Waals surface area contributed by atoms with E-state index in [1.165, 1.54) is 0 Å². The molecule has 66 heavy (non-hydrogen) atoms. The van der Waals surface area contributed by atoms with E-state index in [0.717, 1.165) is 116 Å². The summed E-state index contributed by atoms with van der Waals surface area (Å²) >= 11 is 0. The summed E-state index contributed by atoms with van der Waals surface area (Å²) in [7, 11) is 0. The first-order chi connectivity index (χ1) is 32.6. The Morgan fingerprint density at radius 3 is 0.758 bits per heavy atom. The van der Waals surface area contributed by atoms with Gasteiger partial charge in [-0.25, -0.2) is 0 Å². The first kappa shape index (κ1) is 37.1.